The topological polar surface area (TPSA) is 53.8 Å². The van der Waals surface area contributed by atoms with Crippen LogP contribution in [0.25, 0.3) is 0 Å². The van der Waals surface area contributed by atoms with Gasteiger partial charge in [0.05, 0.1) is 19.1 Å². The maximum Gasteiger partial charge on any atom is 0.253 e. The van der Waals surface area contributed by atoms with Gasteiger partial charge in [-0.25, -0.2) is 4.98 Å². The molecule has 0 spiro atoms. The Labute approximate surface area is 183 Å². The van der Waals surface area contributed by atoms with E-state index in [0.29, 0.717) is 0 Å². The largest absolute Gasteiger partial charge is 0.495 e. The molecule has 162 valence electrons. The molecule has 0 aliphatic carbocycles. The number of ether oxygens (including phenoxy) is 1. The van der Waals surface area contributed by atoms with Crippen LogP contribution in [0.15, 0.2) is 79.7 Å². The van der Waals surface area contributed by atoms with E-state index in [9.17, 15) is 4.79 Å². The third kappa shape index (κ3) is 5.06. The first-order valence-electron chi connectivity index (χ1n) is 10.7. The molecule has 0 saturated carbocycles. The fourth-order valence-corrected chi connectivity index (χ4v) is 4.04. The second-order valence-corrected chi connectivity index (χ2v) is 7.63. The number of benzene rings is 1. The number of anilines is 1. The number of carbonyl (C=O) groups is 1. The van der Waals surface area contributed by atoms with E-state index in [-0.39, 0.29) is 11.9 Å². The van der Waals surface area contributed by atoms with Gasteiger partial charge in [-0.2, -0.15) is 0 Å². The first kappa shape index (κ1) is 20.9. The maximum absolute atomic E-state index is 13.2. The van der Waals surface area contributed by atoms with Crippen molar-refractivity contribution in [2.45, 2.75) is 12.5 Å². The molecule has 1 amide bonds. The van der Waals surface area contributed by atoms with Crippen molar-refractivity contribution in [1.29, 1.82) is 0 Å². The number of methoxy groups -OCH3 is 1. The second-order valence-electron chi connectivity index (χ2n) is 7.63. The predicted octanol–water partition coefficient (Wildman–Crippen LogP) is 3.07. The van der Waals surface area contributed by atoms with E-state index in [1.807, 2.05) is 53.3 Å². The third-order valence-corrected chi connectivity index (χ3v) is 5.77. The van der Waals surface area contributed by atoms with Gasteiger partial charge in [0.1, 0.15) is 11.8 Å². The zero-order valence-electron chi connectivity index (χ0n) is 17.9. The number of piperazine rings is 1. The fourth-order valence-electron chi connectivity index (χ4n) is 4.04. The molecule has 7 nitrogen and oxygen atoms in total. The maximum atomic E-state index is 13.2. The van der Waals surface area contributed by atoms with E-state index in [2.05, 4.69) is 20.9 Å². The van der Waals surface area contributed by atoms with Crippen molar-refractivity contribution < 1.29 is 9.53 Å². The van der Waals surface area contributed by atoms with E-state index >= 15 is 0 Å². The highest BCUT2D eigenvalue weighted by Gasteiger charge is 2.26. The zero-order chi connectivity index (χ0) is 21.5. The van der Waals surface area contributed by atoms with E-state index in [1.54, 1.807) is 36.9 Å². The van der Waals surface area contributed by atoms with Crippen molar-refractivity contribution in [1.82, 2.24) is 19.4 Å². The summed E-state index contributed by atoms with van der Waals surface area (Å²) in [4.78, 5) is 23.8. The zero-order valence-corrected chi connectivity index (χ0v) is 17.9. The number of carbonyl (C=O) groups excluding carboxylic acids is 1. The van der Waals surface area contributed by atoms with E-state index in [0.717, 1.165) is 50.6 Å². The molecule has 31 heavy (non-hydrogen) atoms. The molecule has 1 fully saturated rings. The monoisotopic (exact) mass is 419 g/mol. The molecular weight excluding hydrogens is 390 g/mol. The molecule has 1 aromatic heterocycles. The number of rotatable bonds is 7. The minimum Gasteiger partial charge on any atom is -0.495 e. The van der Waals surface area contributed by atoms with E-state index < -0.39 is 0 Å². The minimum absolute atomic E-state index is 0.0434. The summed E-state index contributed by atoms with van der Waals surface area (Å²) in [5, 5.41) is 0. The van der Waals surface area contributed by atoms with E-state index in [1.165, 1.54) is 0 Å². The SMILES string of the molecule is COc1ccccc1N1CCN(CCC(C(=O)N2C=CC=CC=C2)n2ccnc2)CC1. The Hall–Kier alpha value is -3.32. The molecule has 7 heteroatoms. The second kappa shape index (κ2) is 10.1. The molecule has 1 unspecified atom stereocenters. The summed E-state index contributed by atoms with van der Waals surface area (Å²) in [5.41, 5.74) is 1.14. The summed E-state index contributed by atoms with van der Waals surface area (Å²) in [6.45, 7) is 4.64. The van der Waals surface area contributed by atoms with Crippen LogP contribution in [0.3, 0.4) is 0 Å². The van der Waals surface area contributed by atoms with Crippen molar-refractivity contribution in [3.63, 3.8) is 0 Å². The van der Waals surface area contributed by atoms with Crippen molar-refractivity contribution in [2.24, 2.45) is 0 Å². The lowest BCUT2D eigenvalue weighted by Crippen LogP contribution is -2.47. The molecule has 4 rings (SSSR count). The predicted molar refractivity (Wildman–Crippen MR) is 122 cm³/mol. The number of hydrogen-bond acceptors (Lipinski definition) is 5. The van der Waals surface area contributed by atoms with Gasteiger partial charge in [0.2, 0.25) is 0 Å². The lowest BCUT2D eigenvalue weighted by atomic mass is 10.1. The summed E-state index contributed by atoms with van der Waals surface area (Å²) >= 11 is 0. The number of para-hydroxylation sites is 2. The highest BCUT2D eigenvalue weighted by atomic mass is 16.5. The Morgan fingerprint density at radius 1 is 1.06 bits per heavy atom. The average Bonchev–Trinajstić information content (AvgIpc) is 3.21. The number of allylic oxidation sites excluding steroid dienone is 4. The molecule has 1 aromatic carbocycles. The Balaban J connectivity index is 1.37. The number of nitrogens with zero attached hydrogens (tertiary/aromatic N) is 5. The molecule has 3 heterocycles. The van der Waals surface area contributed by atoms with Gasteiger partial charge < -0.3 is 14.2 Å². The quantitative estimate of drug-likeness (QED) is 0.690. The Kier molecular flexibility index (Phi) is 6.84. The van der Waals surface area contributed by atoms with Crippen molar-refractivity contribution in [3.05, 3.63) is 79.7 Å². The number of aromatic nitrogens is 2. The number of amides is 1. The summed E-state index contributed by atoms with van der Waals surface area (Å²) in [6.07, 6.45) is 17.2. The molecule has 2 aromatic rings. The summed E-state index contributed by atoms with van der Waals surface area (Å²) < 4.78 is 7.43. The number of hydrogen-bond donors (Lipinski definition) is 0. The Morgan fingerprint density at radius 2 is 1.81 bits per heavy atom. The standard InChI is InChI=1S/C24H29N5O2/c1-31-23-9-5-4-8-21(23)27-18-16-26(17-19-27)14-10-22(29-15-11-25-20-29)24(30)28-12-6-2-3-7-13-28/h2-9,11-13,15,20,22H,10,14,16-19H2,1H3. The minimum atomic E-state index is -0.290. The van der Waals surface area contributed by atoms with Crippen LogP contribution in [0.1, 0.15) is 12.5 Å². The van der Waals surface area contributed by atoms with Crippen molar-refractivity contribution in [3.8, 4) is 5.75 Å². The van der Waals surface area contributed by atoms with Gasteiger partial charge in [-0.3, -0.25) is 14.6 Å². The van der Waals surface area contributed by atoms with Gasteiger partial charge in [0, 0.05) is 57.5 Å². The highest BCUT2D eigenvalue weighted by Crippen LogP contribution is 2.28. The molecule has 1 atom stereocenters. The first-order chi connectivity index (χ1) is 15.3. The third-order valence-electron chi connectivity index (χ3n) is 5.77. The van der Waals surface area contributed by atoms with Crippen LogP contribution in [0.5, 0.6) is 5.75 Å². The van der Waals surface area contributed by atoms with Crippen LogP contribution in [0.2, 0.25) is 0 Å². The molecule has 1 saturated heterocycles. The van der Waals surface area contributed by atoms with E-state index in [4.69, 9.17) is 4.74 Å². The van der Waals surface area contributed by atoms with Gasteiger partial charge in [-0.1, -0.05) is 24.3 Å². The molecule has 0 bridgehead atoms. The smallest absolute Gasteiger partial charge is 0.253 e. The van der Waals surface area contributed by atoms with Gasteiger partial charge in [0.15, 0.2) is 0 Å². The summed E-state index contributed by atoms with van der Waals surface area (Å²) in [7, 11) is 1.72. The first-order valence-corrected chi connectivity index (χ1v) is 10.7. The summed E-state index contributed by atoms with van der Waals surface area (Å²) in [5.74, 6) is 0.955. The van der Waals surface area contributed by atoms with Crippen molar-refractivity contribution in [2.75, 3.05) is 44.7 Å². The van der Waals surface area contributed by atoms with Crippen LogP contribution < -0.4 is 9.64 Å². The van der Waals surface area contributed by atoms with Crippen LogP contribution in [-0.4, -0.2) is 65.1 Å². The fraction of sp³-hybridized carbons (Fsp3) is 0.333. The molecular formula is C24H29N5O2. The lowest BCUT2D eigenvalue weighted by Gasteiger charge is -2.37. The van der Waals surface area contributed by atoms with Crippen LogP contribution in [0.4, 0.5) is 5.69 Å². The van der Waals surface area contributed by atoms with Crippen molar-refractivity contribution >= 4 is 11.6 Å². The Morgan fingerprint density at radius 3 is 2.48 bits per heavy atom. The molecule has 0 radical (unpaired) electrons. The molecule has 0 N–H and O–H groups in total. The number of imidazole rings is 1. The highest BCUT2D eigenvalue weighted by molar-refractivity contribution is 5.82. The molecule has 2 aliphatic rings. The van der Waals surface area contributed by atoms with Crippen LogP contribution in [-0.2, 0) is 4.79 Å². The van der Waals surface area contributed by atoms with Gasteiger partial charge in [-0.15, -0.1) is 0 Å². The van der Waals surface area contributed by atoms with Crippen LogP contribution >= 0.6 is 0 Å². The average molecular weight is 420 g/mol. The summed E-state index contributed by atoms with van der Waals surface area (Å²) in [6, 6.07) is 7.87. The van der Waals surface area contributed by atoms with Crippen LogP contribution in [0, 0.1) is 0 Å². The van der Waals surface area contributed by atoms with Gasteiger partial charge in [0.25, 0.3) is 5.91 Å². The van der Waals surface area contributed by atoms with Gasteiger partial charge in [-0.05, 0) is 30.7 Å². The Bertz CT molecular complexity index is 927. The normalized spacial score (nSPS) is 17.6. The molecule has 2 aliphatic heterocycles. The van der Waals surface area contributed by atoms with Gasteiger partial charge >= 0.3 is 0 Å². The lowest BCUT2D eigenvalue weighted by molar-refractivity contribution is -0.130.